The van der Waals surface area contributed by atoms with Gasteiger partial charge in [-0.2, -0.15) is 15.1 Å². The molecule has 0 bridgehead atoms. The lowest BCUT2D eigenvalue weighted by atomic mass is 10.4. The molecule has 2 aromatic rings. The molecule has 0 aliphatic rings. The molecule has 102 valence electrons. The largest absolute Gasteiger partial charge is 0.370 e. The SMILES string of the molecule is CCNc1cc(NCCn2cc(C)cn2)nc(N)n1. The van der Waals surface area contributed by atoms with E-state index in [4.69, 9.17) is 5.73 Å². The van der Waals surface area contributed by atoms with Gasteiger partial charge in [0.1, 0.15) is 11.6 Å². The van der Waals surface area contributed by atoms with E-state index in [1.54, 1.807) is 0 Å². The molecule has 4 N–H and O–H groups in total. The first-order chi connectivity index (χ1) is 9.17. The van der Waals surface area contributed by atoms with Crippen LogP contribution in [0.25, 0.3) is 0 Å². The van der Waals surface area contributed by atoms with E-state index >= 15 is 0 Å². The lowest BCUT2D eigenvalue weighted by Gasteiger charge is -2.09. The van der Waals surface area contributed by atoms with Crippen LogP contribution in [0.3, 0.4) is 0 Å². The molecule has 0 saturated carbocycles. The highest BCUT2D eigenvalue weighted by Crippen LogP contribution is 2.11. The van der Waals surface area contributed by atoms with Gasteiger partial charge in [-0.1, -0.05) is 0 Å². The van der Waals surface area contributed by atoms with Crippen LogP contribution >= 0.6 is 0 Å². The van der Waals surface area contributed by atoms with Gasteiger partial charge in [-0.25, -0.2) is 0 Å². The van der Waals surface area contributed by atoms with E-state index in [1.165, 1.54) is 0 Å². The summed E-state index contributed by atoms with van der Waals surface area (Å²) in [7, 11) is 0. The third-order valence-corrected chi connectivity index (χ3v) is 2.51. The van der Waals surface area contributed by atoms with Gasteiger partial charge in [-0.3, -0.25) is 4.68 Å². The molecule has 2 rings (SSSR count). The van der Waals surface area contributed by atoms with Crippen molar-refractivity contribution in [2.45, 2.75) is 20.4 Å². The lowest BCUT2D eigenvalue weighted by molar-refractivity contribution is 0.636. The maximum Gasteiger partial charge on any atom is 0.223 e. The molecule has 0 aliphatic carbocycles. The summed E-state index contributed by atoms with van der Waals surface area (Å²) in [6.07, 6.45) is 3.84. The molecular weight excluding hydrogens is 242 g/mol. The average molecular weight is 261 g/mol. The van der Waals surface area contributed by atoms with E-state index in [1.807, 2.05) is 37.0 Å². The van der Waals surface area contributed by atoms with E-state index in [-0.39, 0.29) is 5.95 Å². The summed E-state index contributed by atoms with van der Waals surface area (Å²) < 4.78 is 1.89. The van der Waals surface area contributed by atoms with Crippen molar-refractivity contribution in [3.05, 3.63) is 24.0 Å². The third-order valence-electron chi connectivity index (χ3n) is 2.51. The Hall–Kier alpha value is -2.31. The highest BCUT2D eigenvalue weighted by Gasteiger charge is 2.01. The number of nitrogens with zero attached hydrogens (tertiary/aromatic N) is 4. The van der Waals surface area contributed by atoms with Gasteiger partial charge < -0.3 is 16.4 Å². The number of hydrogen-bond donors (Lipinski definition) is 3. The smallest absolute Gasteiger partial charge is 0.223 e. The van der Waals surface area contributed by atoms with E-state index in [2.05, 4.69) is 25.7 Å². The summed E-state index contributed by atoms with van der Waals surface area (Å²) in [5, 5.41) is 10.5. The Labute approximate surface area is 112 Å². The number of nitrogens with one attached hydrogen (secondary N) is 2. The summed E-state index contributed by atoms with van der Waals surface area (Å²) in [4.78, 5) is 8.23. The normalized spacial score (nSPS) is 10.4. The predicted octanol–water partition coefficient (Wildman–Crippen LogP) is 1.11. The summed E-state index contributed by atoms with van der Waals surface area (Å²) >= 11 is 0. The van der Waals surface area contributed by atoms with Crippen molar-refractivity contribution in [2.24, 2.45) is 0 Å². The van der Waals surface area contributed by atoms with Gasteiger partial charge in [-0.05, 0) is 19.4 Å². The zero-order valence-electron chi connectivity index (χ0n) is 11.2. The van der Waals surface area contributed by atoms with E-state index in [0.29, 0.717) is 5.82 Å². The molecule has 0 spiro atoms. The molecule has 2 heterocycles. The quantitative estimate of drug-likeness (QED) is 0.721. The second-order valence-corrected chi connectivity index (χ2v) is 4.23. The Kier molecular flexibility index (Phi) is 4.17. The Morgan fingerprint density at radius 1 is 1.26 bits per heavy atom. The van der Waals surface area contributed by atoms with Crippen molar-refractivity contribution in [1.82, 2.24) is 19.7 Å². The van der Waals surface area contributed by atoms with Crippen molar-refractivity contribution in [3.8, 4) is 0 Å². The summed E-state index contributed by atoms with van der Waals surface area (Å²) in [6, 6.07) is 1.84. The lowest BCUT2D eigenvalue weighted by Crippen LogP contribution is -2.13. The number of rotatable bonds is 6. The zero-order chi connectivity index (χ0) is 13.7. The molecule has 2 aromatic heterocycles. The molecule has 7 nitrogen and oxygen atoms in total. The number of aryl methyl sites for hydroxylation is 1. The topological polar surface area (TPSA) is 93.7 Å². The molecule has 0 radical (unpaired) electrons. The standard InChI is InChI=1S/C12H19N7/c1-3-14-10-6-11(18-12(13)17-10)15-4-5-19-8-9(2)7-16-19/h6-8H,3-5H2,1-2H3,(H4,13,14,15,17,18). The molecule has 0 amide bonds. The monoisotopic (exact) mass is 261 g/mol. The fraction of sp³-hybridized carbons (Fsp3) is 0.417. The van der Waals surface area contributed by atoms with Crippen molar-refractivity contribution < 1.29 is 0 Å². The first kappa shape index (κ1) is 13.1. The second kappa shape index (κ2) is 6.03. The van der Waals surface area contributed by atoms with Crippen molar-refractivity contribution in [2.75, 3.05) is 29.5 Å². The molecule has 0 aromatic carbocycles. The van der Waals surface area contributed by atoms with Gasteiger partial charge >= 0.3 is 0 Å². The molecule has 0 fully saturated rings. The number of aromatic nitrogens is 4. The maximum atomic E-state index is 5.66. The fourth-order valence-electron chi connectivity index (χ4n) is 1.72. The fourth-order valence-corrected chi connectivity index (χ4v) is 1.72. The van der Waals surface area contributed by atoms with Gasteiger partial charge in [0.2, 0.25) is 5.95 Å². The van der Waals surface area contributed by atoms with Crippen LogP contribution < -0.4 is 16.4 Å². The Balaban J connectivity index is 1.91. The van der Waals surface area contributed by atoms with Crippen molar-refractivity contribution in [3.63, 3.8) is 0 Å². The van der Waals surface area contributed by atoms with Crippen molar-refractivity contribution >= 4 is 17.6 Å². The van der Waals surface area contributed by atoms with Gasteiger partial charge in [0, 0.05) is 25.4 Å². The third kappa shape index (κ3) is 3.84. The van der Waals surface area contributed by atoms with Crippen LogP contribution in [0.15, 0.2) is 18.5 Å². The van der Waals surface area contributed by atoms with E-state index in [0.717, 1.165) is 31.0 Å². The van der Waals surface area contributed by atoms with Crippen LogP contribution in [0, 0.1) is 6.92 Å². The van der Waals surface area contributed by atoms with Crippen LogP contribution in [0.4, 0.5) is 17.6 Å². The minimum atomic E-state index is 0.260. The Morgan fingerprint density at radius 2 is 2.00 bits per heavy atom. The van der Waals surface area contributed by atoms with Crippen LogP contribution in [-0.4, -0.2) is 32.8 Å². The molecule has 0 aliphatic heterocycles. The molecule has 0 saturated heterocycles. The van der Waals surface area contributed by atoms with Crippen LogP contribution in [0.1, 0.15) is 12.5 Å². The zero-order valence-corrected chi connectivity index (χ0v) is 11.2. The number of anilines is 3. The molecule has 0 unspecified atom stereocenters. The highest BCUT2D eigenvalue weighted by atomic mass is 15.3. The predicted molar refractivity (Wildman–Crippen MR) is 76.1 cm³/mol. The number of nitrogens with two attached hydrogens (primary N) is 1. The number of hydrogen-bond acceptors (Lipinski definition) is 6. The number of nitrogen functional groups attached to an aromatic ring is 1. The summed E-state index contributed by atoms with van der Waals surface area (Å²) in [6.45, 7) is 6.32. The van der Waals surface area contributed by atoms with Crippen molar-refractivity contribution in [1.29, 1.82) is 0 Å². The van der Waals surface area contributed by atoms with Gasteiger partial charge in [-0.15, -0.1) is 0 Å². The van der Waals surface area contributed by atoms with Gasteiger partial charge in [0.05, 0.1) is 12.7 Å². The first-order valence-corrected chi connectivity index (χ1v) is 6.28. The van der Waals surface area contributed by atoms with E-state index < -0.39 is 0 Å². The minimum Gasteiger partial charge on any atom is -0.370 e. The average Bonchev–Trinajstić information content (AvgIpc) is 2.75. The summed E-state index contributed by atoms with van der Waals surface area (Å²) in [5.41, 5.74) is 6.81. The summed E-state index contributed by atoms with van der Waals surface area (Å²) in [5.74, 6) is 1.70. The maximum absolute atomic E-state index is 5.66. The molecule has 7 heteroatoms. The Morgan fingerprint density at radius 3 is 2.63 bits per heavy atom. The highest BCUT2D eigenvalue weighted by molar-refractivity contribution is 5.50. The molecule has 19 heavy (non-hydrogen) atoms. The van der Waals surface area contributed by atoms with Gasteiger partial charge in [0.15, 0.2) is 0 Å². The van der Waals surface area contributed by atoms with Crippen LogP contribution in [0.5, 0.6) is 0 Å². The molecule has 0 atom stereocenters. The minimum absolute atomic E-state index is 0.260. The van der Waals surface area contributed by atoms with Crippen LogP contribution in [0.2, 0.25) is 0 Å². The molecular formula is C12H19N7. The second-order valence-electron chi connectivity index (χ2n) is 4.23. The van der Waals surface area contributed by atoms with Gasteiger partial charge in [0.25, 0.3) is 0 Å². The first-order valence-electron chi connectivity index (χ1n) is 6.28. The Bertz CT molecular complexity index is 535. The van der Waals surface area contributed by atoms with E-state index in [9.17, 15) is 0 Å². The van der Waals surface area contributed by atoms with Crippen LogP contribution in [-0.2, 0) is 6.54 Å².